The summed E-state index contributed by atoms with van der Waals surface area (Å²) in [4.78, 5) is 6.56. The van der Waals surface area contributed by atoms with E-state index in [2.05, 4.69) is 41.2 Å². The van der Waals surface area contributed by atoms with Crippen molar-refractivity contribution in [3.05, 3.63) is 24.5 Å². The number of piperidine rings is 1. The second-order valence-corrected chi connectivity index (χ2v) is 6.31. The molecule has 1 aromatic heterocycles. The number of aromatic nitrogens is 1. The molecule has 1 N–H and O–H groups in total. The van der Waals surface area contributed by atoms with Crippen LogP contribution in [0.4, 0.5) is 5.69 Å². The zero-order valence-corrected chi connectivity index (χ0v) is 13.0. The molecular formula is C17H29N3. The third-order valence-electron chi connectivity index (χ3n) is 4.16. The van der Waals surface area contributed by atoms with E-state index >= 15 is 0 Å². The standard InChI is InChI=1S/C17H29N3/c1-15(2)5-3-4-10-19-16-8-13-20(14-9-16)17-6-11-18-12-7-17/h6-7,11-12,15-16,19H,3-5,8-10,13-14H2,1-2H3. The second-order valence-electron chi connectivity index (χ2n) is 6.31. The molecule has 1 aromatic rings. The highest BCUT2D eigenvalue weighted by atomic mass is 15.1. The summed E-state index contributed by atoms with van der Waals surface area (Å²) in [6, 6.07) is 4.94. The van der Waals surface area contributed by atoms with E-state index in [9.17, 15) is 0 Å². The molecule has 1 fully saturated rings. The maximum atomic E-state index is 4.09. The van der Waals surface area contributed by atoms with Crippen LogP contribution in [0.5, 0.6) is 0 Å². The van der Waals surface area contributed by atoms with Gasteiger partial charge in [-0.3, -0.25) is 4.98 Å². The van der Waals surface area contributed by atoms with E-state index in [4.69, 9.17) is 0 Å². The van der Waals surface area contributed by atoms with Gasteiger partial charge in [-0.15, -0.1) is 0 Å². The van der Waals surface area contributed by atoms with Crippen molar-refractivity contribution in [2.75, 3.05) is 24.5 Å². The average molecular weight is 275 g/mol. The molecule has 0 radical (unpaired) electrons. The molecule has 2 heterocycles. The molecule has 3 nitrogen and oxygen atoms in total. The van der Waals surface area contributed by atoms with Crippen molar-refractivity contribution in [2.24, 2.45) is 5.92 Å². The van der Waals surface area contributed by atoms with E-state index in [1.165, 1.54) is 44.3 Å². The van der Waals surface area contributed by atoms with Crippen LogP contribution in [0.15, 0.2) is 24.5 Å². The molecule has 0 aliphatic carbocycles. The van der Waals surface area contributed by atoms with Crippen molar-refractivity contribution in [3.8, 4) is 0 Å². The fraction of sp³-hybridized carbons (Fsp3) is 0.706. The number of nitrogens with one attached hydrogen (secondary N) is 1. The molecule has 0 unspecified atom stereocenters. The van der Waals surface area contributed by atoms with E-state index < -0.39 is 0 Å². The summed E-state index contributed by atoms with van der Waals surface area (Å²) >= 11 is 0. The minimum Gasteiger partial charge on any atom is -0.371 e. The number of unbranched alkanes of at least 4 members (excludes halogenated alkanes) is 1. The number of anilines is 1. The Morgan fingerprint density at radius 2 is 1.90 bits per heavy atom. The van der Waals surface area contributed by atoms with Crippen molar-refractivity contribution < 1.29 is 0 Å². The Hall–Kier alpha value is -1.09. The second kappa shape index (κ2) is 8.25. The van der Waals surface area contributed by atoms with Gasteiger partial charge in [-0.1, -0.05) is 26.7 Å². The van der Waals surface area contributed by atoms with Gasteiger partial charge < -0.3 is 10.2 Å². The van der Waals surface area contributed by atoms with Crippen molar-refractivity contribution in [3.63, 3.8) is 0 Å². The molecule has 0 bridgehead atoms. The first-order valence-corrected chi connectivity index (χ1v) is 8.14. The van der Waals surface area contributed by atoms with Crippen LogP contribution in [-0.4, -0.2) is 30.7 Å². The lowest BCUT2D eigenvalue weighted by Gasteiger charge is -2.34. The lowest BCUT2D eigenvalue weighted by Crippen LogP contribution is -2.42. The van der Waals surface area contributed by atoms with Crippen LogP contribution in [0.3, 0.4) is 0 Å². The quantitative estimate of drug-likeness (QED) is 0.772. The Balaban J connectivity index is 1.60. The van der Waals surface area contributed by atoms with Gasteiger partial charge in [0.2, 0.25) is 0 Å². The van der Waals surface area contributed by atoms with Gasteiger partial charge in [0.1, 0.15) is 0 Å². The zero-order valence-electron chi connectivity index (χ0n) is 13.0. The largest absolute Gasteiger partial charge is 0.371 e. The Bertz CT molecular complexity index is 356. The third kappa shape index (κ3) is 5.12. The van der Waals surface area contributed by atoms with Crippen molar-refractivity contribution in [2.45, 2.75) is 52.0 Å². The molecule has 2 rings (SSSR count). The molecule has 0 aromatic carbocycles. The molecule has 3 heteroatoms. The van der Waals surface area contributed by atoms with Crippen molar-refractivity contribution in [1.29, 1.82) is 0 Å². The van der Waals surface area contributed by atoms with Crippen LogP contribution in [-0.2, 0) is 0 Å². The Morgan fingerprint density at radius 1 is 1.20 bits per heavy atom. The third-order valence-corrected chi connectivity index (χ3v) is 4.16. The minimum absolute atomic E-state index is 0.715. The predicted octanol–water partition coefficient (Wildman–Crippen LogP) is 3.47. The van der Waals surface area contributed by atoms with Gasteiger partial charge in [0, 0.05) is 37.2 Å². The first-order valence-electron chi connectivity index (χ1n) is 8.14. The van der Waals surface area contributed by atoms with Gasteiger partial charge in [-0.05, 0) is 43.9 Å². The number of hydrogen-bond donors (Lipinski definition) is 1. The van der Waals surface area contributed by atoms with Gasteiger partial charge in [-0.2, -0.15) is 0 Å². The Kier molecular flexibility index (Phi) is 6.31. The van der Waals surface area contributed by atoms with Crippen LogP contribution in [0.2, 0.25) is 0 Å². The minimum atomic E-state index is 0.715. The van der Waals surface area contributed by atoms with Crippen LogP contribution >= 0.6 is 0 Å². The molecule has 0 spiro atoms. The number of rotatable bonds is 7. The van der Waals surface area contributed by atoms with Crippen molar-refractivity contribution >= 4 is 5.69 Å². The molecular weight excluding hydrogens is 246 g/mol. The molecule has 0 saturated carbocycles. The molecule has 20 heavy (non-hydrogen) atoms. The fourth-order valence-electron chi connectivity index (χ4n) is 2.88. The lowest BCUT2D eigenvalue weighted by atomic mass is 10.0. The van der Waals surface area contributed by atoms with Crippen LogP contribution in [0.1, 0.15) is 46.0 Å². The van der Waals surface area contributed by atoms with Gasteiger partial charge in [0.15, 0.2) is 0 Å². The summed E-state index contributed by atoms with van der Waals surface area (Å²) in [7, 11) is 0. The van der Waals surface area contributed by atoms with E-state index in [-0.39, 0.29) is 0 Å². The van der Waals surface area contributed by atoms with Gasteiger partial charge in [-0.25, -0.2) is 0 Å². The molecule has 0 atom stereocenters. The summed E-state index contributed by atoms with van der Waals surface area (Å²) in [5.41, 5.74) is 1.32. The number of hydrogen-bond acceptors (Lipinski definition) is 3. The van der Waals surface area contributed by atoms with E-state index in [1.54, 1.807) is 0 Å². The summed E-state index contributed by atoms with van der Waals surface area (Å²) in [6.07, 6.45) is 10.3. The molecule has 1 saturated heterocycles. The maximum Gasteiger partial charge on any atom is 0.0397 e. The predicted molar refractivity (Wildman–Crippen MR) is 86.2 cm³/mol. The lowest BCUT2D eigenvalue weighted by molar-refractivity contribution is 0.405. The van der Waals surface area contributed by atoms with E-state index in [1.807, 2.05) is 12.4 Å². The fourth-order valence-corrected chi connectivity index (χ4v) is 2.88. The van der Waals surface area contributed by atoms with Crippen LogP contribution in [0.25, 0.3) is 0 Å². The Labute approximate surface area is 123 Å². The van der Waals surface area contributed by atoms with Crippen LogP contribution < -0.4 is 10.2 Å². The van der Waals surface area contributed by atoms with Gasteiger partial charge in [0.25, 0.3) is 0 Å². The molecule has 112 valence electrons. The smallest absolute Gasteiger partial charge is 0.0397 e. The van der Waals surface area contributed by atoms with Crippen molar-refractivity contribution in [1.82, 2.24) is 10.3 Å². The van der Waals surface area contributed by atoms with Crippen LogP contribution in [0, 0.1) is 5.92 Å². The first kappa shape index (κ1) is 15.3. The first-order chi connectivity index (χ1) is 9.75. The van der Waals surface area contributed by atoms with E-state index in [0.29, 0.717) is 6.04 Å². The number of pyridine rings is 1. The summed E-state index contributed by atoms with van der Waals surface area (Å²) in [6.45, 7) is 8.12. The zero-order chi connectivity index (χ0) is 14.2. The Morgan fingerprint density at radius 3 is 2.55 bits per heavy atom. The summed E-state index contributed by atoms with van der Waals surface area (Å²) in [5, 5.41) is 3.73. The topological polar surface area (TPSA) is 28.2 Å². The summed E-state index contributed by atoms with van der Waals surface area (Å²) < 4.78 is 0. The SMILES string of the molecule is CC(C)CCCCNC1CCN(c2ccncc2)CC1. The average Bonchev–Trinajstić information content (AvgIpc) is 2.48. The van der Waals surface area contributed by atoms with Gasteiger partial charge >= 0.3 is 0 Å². The molecule has 1 aliphatic heterocycles. The van der Waals surface area contributed by atoms with E-state index in [0.717, 1.165) is 19.0 Å². The molecule has 1 aliphatic rings. The summed E-state index contributed by atoms with van der Waals surface area (Å²) in [5.74, 6) is 0.846. The molecule has 0 amide bonds. The highest BCUT2D eigenvalue weighted by Gasteiger charge is 2.18. The number of nitrogens with zero attached hydrogens (tertiary/aromatic N) is 2. The normalized spacial score (nSPS) is 16.9. The highest BCUT2D eigenvalue weighted by Crippen LogP contribution is 2.18. The highest BCUT2D eigenvalue weighted by molar-refractivity contribution is 5.44. The van der Waals surface area contributed by atoms with Gasteiger partial charge in [0.05, 0.1) is 0 Å². The monoisotopic (exact) mass is 275 g/mol. The maximum absolute atomic E-state index is 4.09.